The lowest BCUT2D eigenvalue weighted by Crippen LogP contribution is -2.40. The zero-order chi connectivity index (χ0) is 14.4. The average molecular weight is 284 g/mol. The van der Waals surface area contributed by atoms with Crippen LogP contribution >= 0.6 is 0 Å². The minimum atomic E-state index is -0.653. The molecule has 0 aromatic carbocycles. The highest BCUT2D eigenvalue weighted by atomic mass is 16.7. The first-order valence-corrected chi connectivity index (χ1v) is 6.69. The van der Waals surface area contributed by atoms with Crippen LogP contribution in [0.2, 0.25) is 0 Å². The Kier molecular flexibility index (Phi) is 3.16. The van der Waals surface area contributed by atoms with Crippen LogP contribution in [-0.2, 0) is 33.3 Å². The van der Waals surface area contributed by atoms with E-state index in [-0.39, 0.29) is 30.0 Å². The quantitative estimate of drug-likeness (QED) is 0.522. The number of esters is 3. The fraction of sp³-hybridized carbons (Fsp3) is 0.769. The van der Waals surface area contributed by atoms with Crippen molar-refractivity contribution in [3.8, 4) is 0 Å². The molecule has 2 bridgehead atoms. The Morgan fingerprint density at radius 1 is 1.35 bits per heavy atom. The smallest absolute Gasteiger partial charge is 0.344 e. The third-order valence-corrected chi connectivity index (χ3v) is 3.85. The summed E-state index contributed by atoms with van der Waals surface area (Å²) >= 11 is 0. The highest BCUT2D eigenvalue weighted by Gasteiger charge is 2.65. The van der Waals surface area contributed by atoms with Gasteiger partial charge in [-0.2, -0.15) is 0 Å². The zero-order valence-electron chi connectivity index (χ0n) is 11.2. The summed E-state index contributed by atoms with van der Waals surface area (Å²) in [6.07, 6.45) is -1.19. The maximum absolute atomic E-state index is 11.7. The minimum Gasteiger partial charge on any atom is -0.455 e. The van der Waals surface area contributed by atoms with Crippen LogP contribution < -0.4 is 0 Å². The van der Waals surface area contributed by atoms with Gasteiger partial charge in [-0.05, 0) is 6.42 Å². The molecule has 0 aromatic rings. The molecule has 0 saturated carbocycles. The first-order chi connectivity index (χ1) is 9.47. The first kappa shape index (κ1) is 13.4. The van der Waals surface area contributed by atoms with E-state index in [1.807, 2.05) is 0 Å². The fourth-order valence-electron chi connectivity index (χ4n) is 2.86. The molecule has 0 aromatic heterocycles. The highest BCUT2D eigenvalue weighted by molar-refractivity contribution is 5.79. The molecule has 20 heavy (non-hydrogen) atoms. The van der Waals surface area contributed by atoms with Gasteiger partial charge in [-0.1, -0.05) is 13.8 Å². The summed E-state index contributed by atoms with van der Waals surface area (Å²) in [6.45, 7) is 2.92. The summed E-state index contributed by atoms with van der Waals surface area (Å²) in [4.78, 5) is 34.4. The Labute approximate surface area is 115 Å². The monoisotopic (exact) mass is 284 g/mol. The van der Waals surface area contributed by atoms with Crippen LogP contribution in [0.5, 0.6) is 0 Å². The zero-order valence-corrected chi connectivity index (χ0v) is 11.2. The number of ether oxygens (including phenoxy) is 4. The van der Waals surface area contributed by atoms with Crippen molar-refractivity contribution in [2.24, 2.45) is 11.8 Å². The second-order valence-corrected chi connectivity index (χ2v) is 5.60. The van der Waals surface area contributed by atoms with Crippen LogP contribution in [0.25, 0.3) is 0 Å². The minimum absolute atomic E-state index is 0.223. The Balaban J connectivity index is 1.53. The molecule has 3 fully saturated rings. The van der Waals surface area contributed by atoms with Crippen LogP contribution in [0.1, 0.15) is 20.3 Å². The number of carbonyl (C=O) groups is 3. The van der Waals surface area contributed by atoms with Crippen molar-refractivity contribution < 1.29 is 33.3 Å². The molecule has 5 atom stereocenters. The number of carbonyl (C=O) groups excluding carboxylic acids is 3. The SMILES string of the molecule is CC(C)C(=O)OCC(=O)OC1C2CC3C(=O)OC1C3O2. The second kappa shape index (κ2) is 4.73. The number of rotatable bonds is 4. The molecule has 3 rings (SSSR count). The molecule has 3 saturated heterocycles. The Bertz CT molecular complexity index is 458. The van der Waals surface area contributed by atoms with Gasteiger partial charge >= 0.3 is 17.9 Å². The molecule has 7 nitrogen and oxygen atoms in total. The van der Waals surface area contributed by atoms with Crippen molar-refractivity contribution in [2.75, 3.05) is 6.61 Å². The van der Waals surface area contributed by atoms with Crippen molar-refractivity contribution in [3.63, 3.8) is 0 Å². The van der Waals surface area contributed by atoms with Gasteiger partial charge in [0.15, 0.2) is 18.8 Å². The van der Waals surface area contributed by atoms with Crippen LogP contribution in [0.4, 0.5) is 0 Å². The van der Waals surface area contributed by atoms with Gasteiger partial charge in [0.1, 0.15) is 6.10 Å². The van der Waals surface area contributed by atoms with Gasteiger partial charge in [0.2, 0.25) is 0 Å². The predicted octanol–water partition coefficient (Wildman–Crippen LogP) is -0.190. The Hall–Kier alpha value is -1.63. The van der Waals surface area contributed by atoms with E-state index in [0.29, 0.717) is 6.42 Å². The maximum atomic E-state index is 11.7. The molecule has 3 aliphatic rings. The Morgan fingerprint density at radius 3 is 2.80 bits per heavy atom. The van der Waals surface area contributed by atoms with Crippen molar-refractivity contribution in [1.29, 1.82) is 0 Å². The van der Waals surface area contributed by atoms with E-state index in [1.165, 1.54) is 0 Å². The Morgan fingerprint density at radius 2 is 2.10 bits per heavy atom. The van der Waals surface area contributed by atoms with Gasteiger partial charge < -0.3 is 18.9 Å². The lowest BCUT2D eigenvalue weighted by molar-refractivity contribution is -0.169. The molecule has 7 heteroatoms. The molecule has 5 unspecified atom stereocenters. The van der Waals surface area contributed by atoms with Crippen LogP contribution in [0.15, 0.2) is 0 Å². The van der Waals surface area contributed by atoms with Gasteiger partial charge in [0.05, 0.1) is 17.9 Å². The summed E-state index contributed by atoms with van der Waals surface area (Å²) in [5.74, 6) is -1.92. The van der Waals surface area contributed by atoms with E-state index in [9.17, 15) is 14.4 Å². The summed E-state index contributed by atoms with van der Waals surface area (Å²) < 4.78 is 20.8. The maximum Gasteiger partial charge on any atom is 0.344 e. The highest BCUT2D eigenvalue weighted by Crippen LogP contribution is 2.47. The molecule has 3 heterocycles. The largest absolute Gasteiger partial charge is 0.455 e. The van der Waals surface area contributed by atoms with Crippen molar-refractivity contribution in [1.82, 2.24) is 0 Å². The van der Waals surface area contributed by atoms with E-state index in [2.05, 4.69) is 0 Å². The number of fused-ring (bicyclic) bond motifs is 1. The molecule has 3 aliphatic heterocycles. The van der Waals surface area contributed by atoms with Crippen molar-refractivity contribution >= 4 is 17.9 Å². The van der Waals surface area contributed by atoms with Gasteiger partial charge in [0, 0.05) is 0 Å². The third-order valence-electron chi connectivity index (χ3n) is 3.85. The molecular weight excluding hydrogens is 268 g/mol. The predicted molar refractivity (Wildman–Crippen MR) is 62.3 cm³/mol. The van der Waals surface area contributed by atoms with E-state index in [4.69, 9.17) is 18.9 Å². The first-order valence-electron chi connectivity index (χ1n) is 6.69. The van der Waals surface area contributed by atoms with Crippen molar-refractivity contribution in [2.45, 2.75) is 44.7 Å². The molecule has 0 aliphatic carbocycles. The van der Waals surface area contributed by atoms with E-state index in [0.717, 1.165) is 0 Å². The average Bonchev–Trinajstić information content (AvgIpc) is 3.00. The van der Waals surface area contributed by atoms with Gasteiger partial charge in [-0.15, -0.1) is 0 Å². The second-order valence-electron chi connectivity index (χ2n) is 5.60. The van der Waals surface area contributed by atoms with Gasteiger partial charge in [0.25, 0.3) is 0 Å². The summed E-state index contributed by atoms with van der Waals surface area (Å²) in [6, 6.07) is 0. The standard InChI is InChI=1S/C13H16O7/c1-5(2)12(15)17-4-8(14)19-10-7-3-6-9(18-7)11(10)20-13(6)16/h5-7,9-11H,3-4H2,1-2H3. The molecule has 0 radical (unpaired) electrons. The number of hydrogen-bond acceptors (Lipinski definition) is 7. The van der Waals surface area contributed by atoms with Gasteiger partial charge in [-0.3, -0.25) is 9.59 Å². The molecule has 110 valence electrons. The topological polar surface area (TPSA) is 88.1 Å². The van der Waals surface area contributed by atoms with Crippen LogP contribution in [0.3, 0.4) is 0 Å². The lowest BCUT2D eigenvalue weighted by Gasteiger charge is -2.22. The normalized spacial score (nSPS) is 37.1. The molecule has 0 amide bonds. The lowest BCUT2D eigenvalue weighted by atomic mass is 9.88. The fourth-order valence-corrected chi connectivity index (χ4v) is 2.86. The van der Waals surface area contributed by atoms with Crippen LogP contribution in [-0.4, -0.2) is 48.9 Å². The van der Waals surface area contributed by atoms with Crippen molar-refractivity contribution in [3.05, 3.63) is 0 Å². The summed E-state index contributed by atoms with van der Waals surface area (Å²) in [5.41, 5.74) is 0. The molecule has 0 spiro atoms. The van der Waals surface area contributed by atoms with E-state index >= 15 is 0 Å². The summed E-state index contributed by atoms with van der Waals surface area (Å²) in [5, 5.41) is 0. The van der Waals surface area contributed by atoms with Crippen LogP contribution in [0, 0.1) is 11.8 Å². The third kappa shape index (κ3) is 2.06. The molecular formula is C13H16O7. The van der Waals surface area contributed by atoms with E-state index in [1.54, 1.807) is 13.8 Å². The van der Waals surface area contributed by atoms with Gasteiger partial charge in [-0.25, -0.2) is 4.79 Å². The summed E-state index contributed by atoms with van der Waals surface area (Å²) in [7, 11) is 0. The van der Waals surface area contributed by atoms with E-state index < -0.39 is 30.8 Å². The molecule has 0 N–H and O–H groups in total. The number of hydrogen-bond donors (Lipinski definition) is 0.